The number of nitrogens with one attached hydrogen (secondary N) is 1. The zero-order valence-electron chi connectivity index (χ0n) is 7.38. The van der Waals surface area contributed by atoms with Crippen molar-refractivity contribution in [3.63, 3.8) is 0 Å². The SMILES string of the molecule is CSCCCNCc1ccoc1. The highest BCUT2D eigenvalue weighted by Crippen LogP contribution is 1.99. The molecule has 0 unspecified atom stereocenters. The minimum absolute atomic E-state index is 0.922. The van der Waals surface area contributed by atoms with Crippen molar-refractivity contribution in [2.45, 2.75) is 13.0 Å². The van der Waals surface area contributed by atoms with Gasteiger partial charge in [0.2, 0.25) is 0 Å². The molecule has 0 aliphatic rings. The Morgan fingerprint density at radius 3 is 3.17 bits per heavy atom. The molecule has 0 saturated carbocycles. The summed E-state index contributed by atoms with van der Waals surface area (Å²) >= 11 is 1.89. The molecule has 1 aromatic rings. The zero-order valence-corrected chi connectivity index (χ0v) is 8.19. The van der Waals surface area contributed by atoms with E-state index in [9.17, 15) is 0 Å². The maximum Gasteiger partial charge on any atom is 0.0947 e. The minimum atomic E-state index is 0.922. The first kappa shape index (κ1) is 9.68. The standard InChI is InChI=1S/C9H15NOS/c1-12-6-2-4-10-7-9-3-5-11-8-9/h3,5,8,10H,2,4,6-7H2,1H3. The summed E-state index contributed by atoms with van der Waals surface area (Å²) in [5.41, 5.74) is 1.22. The Kier molecular flexibility index (Phi) is 4.95. The molecule has 12 heavy (non-hydrogen) atoms. The van der Waals surface area contributed by atoms with Crippen molar-refractivity contribution in [2.75, 3.05) is 18.6 Å². The molecule has 1 aromatic heterocycles. The first-order chi connectivity index (χ1) is 5.93. The Morgan fingerprint density at radius 1 is 1.58 bits per heavy atom. The highest BCUT2D eigenvalue weighted by Gasteiger charge is 1.92. The summed E-state index contributed by atoms with van der Waals surface area (Å²) in [6.45, 7) is 2.01. The second kappa shape index (κ2) is 6.14. The Hall–Kier alpha value is -0.410. The fraction of sp³-hybridized carbons (Fsp3) is 0.556. The van der Waals surface area contributed by atoms with Crippen molar-refractivity contribution >= 4 is 11.8 Å². The van der Waals surface area contributed by atoms with E-state index in [0.717, 1.165) is 13.1 Å². The maximum atomic E-state index is 4.95. The van der Waals surface area contributed by atoms with Crippen LogP contribution in [0.15, 0.2) is 23.0 Å². The Balaban J connectivity index is 1.96. The molecule has 2 nitrogen and oxygen atoms in total. The van der Waals surface area contributed by atoms with Crippen LogP contribution >= 0.6 is 11.8 Å². The lowest BCUT2D eigenvalue weighted by Crippen LogP contribution is -2.14. The monoisotopic (exact) mass is 185 g/mol. The molecule has 68 valence electrons. The number of thioether (sulfide) groups is 1. The molecule has 0 atom stereocenters. The number of rotatable bonds is 6. The molecule has 0 radical (unpaired) electrons. The molecule has 0 saturated heterocycles. The predicted octanol–water partition coefficient (Wildman–Crippen LogP) is 2.12. The van der Waals surface area contributed by atoms with Gasteiger partial charge in [-0.2, -0.15) is 11.8 Å². The van der Waals surface area contributed by atoms with Crippen molar-refractivity contribution in [2.24, 2.45) is 0 Å². The van der Waals surface area contributed by atoms with Gasteiger partial charge in [-0.25, -0.2) is 0 Å². The molecule has 0 aliphatic heterocycles. The lowest BCUT2D eigenvalue weighted by atomic mass is 10.3. The van der Waals surface area contributed by atoms with Crippen LogP contribution in [0.4, 0.5) is 0 Å². The Morgan fingerprint density at radius 2 is 2.50 bits per heavy atom. The van der Waals surface area contributed by atoms with Gasteiger partial charge in [-0.15, -0.1) is 0 Å². The fourth-order valence-corrected chi connectivity index (χ4v) is 1.40. The van der Waals surface area contributed by atoms with Crippen LogP contribution in [0.25, 0.3) is 0 Å². The van der Waals surface area contributed by atoms with Crippen LogP contribution in [-0.4, -0.2) is 18.6 Å². The Labute approximate surface area is 77.7 Å². The molecule has 1 rings (SSSR count). The van der Waals surface area contributed by atoms with Gasteiger partial charge in [0.25, 0.3) is 0 Å². The van der Waals surface area contributed by atoms with E-state index < -0.39 is 0 Å². The van der Waals surface area contributed by atoms with Crippen molar-refractivity contribution in [3.05, 3.63) is 24.2 Å². The van der Waals surface area contributed by atoms with Crippen LogP contribution in [0.1, 0.15) is 12.0 Å². The third-order valence-electron chi connectivity index (χ3n) is 1.61. The van der Waals surface area contributed by atoms with E-state index in [1.165, 1.54) is 17.7 Å². The second-order valence-electron chi connectivity index (χ2n) is 2.65. The summed E-state index contributed by atoms with van der Waals surface area (Å²) in [6, 6.07) is 1.99. The summed E-state index contributed by atoms with van der Waals surface area (Å²) < 4.78 is 4.95. The number of furan rings is 1. The summed E-state index contributed by atoms with van der Waals surface area (Å²) in [4.78, 5) is 0. The average Bonchev–Trinajstić information content (AvgIpc) is 2.57. The first-order valence-corrected chi connectivity index (χ1v) is 5.53. The summed E-state index contributed by atoms with van der Waals surface area (Å²) in [5.74, 6) is 1.23. The lowest BCUT2D eigenvalue weighted by molar-refractivity contribution is 0.560. The summed E-state index contributed by atoms with van der Waals surface area (Å²) in [6.07, 6.45) is 6.86. The van der Waals surface area contributed by atoms with Crippen LogP contribution < -0.4 is 5.32 Å². The van der Waals surface area contributed by atoms with Gasteiger partial charge in [-0.1, -0.05) is 0 Å². The summed E-state index contributed by atoms with van der Waals surface area (Å²) in [5, 5.41) is 3.35. The third-order valence-corrected chi connectivity index (χ3v) is 2.31. The van der Waals surface area contributed by atoms with Crippen molar-refractivity contribution in [3.8, 4) is 0 Å². The molecule has 0 aliphatic carbocycles. The topological polar surface area (TPSA) is 25.2 Å². The molecule has 1 N–H and O–H groups in total. The number of hydrogen-bond acceptors (Lipinski definition) is 3. The van der Waals surface area contributed by atoms with E-state index in [0.29, 0.717) is 0 Å². The number of hydrogen-bond donors (Lipinski definition) is 1. The van der Waals surface area contributed by atoms with Crippen LogP contribution in [0.2, 0.25) is 0 Å². The quantitative estimate of drug-likeness (QED) is 0.687. The van der Waals surface area contributed by atoms with Crippen LogP contribution in [0.3, 0.4) is 0 Å². The molecular formula is C9H15NOS. The summed E-state index contributed by atoms with van der Waals surface area (Å²) in [7, 11) is 0. The molecule has 0 fully saturated rings. The van der Waals surface area contributed by atoms with E-state index in [4.69, 9.17) is 4.42 Å². The second-order valence-corrected chi connectivity index (χ2v) is 3.64. The van der Waals surface area contributed by atoms with E-state index in [1.54, 1.807) is 12.5 Å². The molecule has 0 amide bonds. The van der Waals surface area contributed by atoms with E-state index in [2.05, 4.69) is 11.6 Å². The lowest BCUT2D eigenvalue weighted by Gasteiger charge is -2.00. The zero-order chi connectivity index (χ0) is 8.65. The minimum Gasteiger partial charge on any atom is -0.472 e. The van der Waals surface area contributed by atoms with Gasteiger partial charge in [0, 0.05) is 12.1 Å². The average molecular weight is 185 g/mol. The first-order valence-electron chi connectivity index (χ1n) is 4.14. The molecule has 0 aromatic carbocycles. The van der Waals surface area contributed by atoms with Gasteiger partial charge in [-0.05, 0) is 31.0 Å². The van der Waals surface area contributed by atoms with Crippen molar-refractivity contribution in [1.82, 2.24) is 5.32 Å². The van der Waals surface area contributed by atoms with Crippen LogP contribution in [-0.2, 0) is 6.54 Å². The predicted molar refractivity (Wildman–Crippen MR) is 53.4 cm³/mol. The van der Waals surface area contributed by atoms with Gasteiger partial charge in [0.15, 0.2) is 0 Å². The highest BCUT2D eigenvalue weighted by molar-refractivity contribution is 7.98. The van der Waals surface area contributed by atoms with Crippen LogP contribution in [0, 0.1) is 0 Å². The Bertz CT molecular complexity index is 186. The smallest absolute Gasteiger partial charge is 0.0947 e. The van der Waals surface area contributed by atoms with E-state index >= 15 is 0 Å². The van der Waals surface area contributed by atoms with Crippen molar-refractivity contribution in [1.29, 1.82) is 0 Å². The van der Waals surface area contributed by atoms with E-state index in [1.807, 2.05) is 17.8 Å². The normalized spacial score (nSPS) is 10.4. The van der Waals surface area contributed by atoms with Gasteiger partial charge in [0.05, 0.1) is 12.5 Å². The highest BCUT2D eigenvalue weighted by atomic mass is 32.2. The maximum absolute atomic E-state index is 4.95. The van der Waals surface area contributed by atoms with Gasteiger partial charge in [-0.3, -0.25) is 0 Å². The molecule has 0 bridgehead atoms. The van der Waals surface area contributed by atoms with Gasteiger partial charge < -0.3 is 9.73 Å². The molecule has 1 heterocycles. The van der Waals surface area contributed by atoms with Gasteiger partial charge in [0.1, 0.15) is 0 Å². The third kappa shape index (κ3) is 3.83. The largest absolute Gasteiger partial charge is 0.472 e. The molecule has 0 spiro atoms. The molecule has 3 heteroatoms. The van der Waals surface area contributed by atoms with Crippen molar-refractivity contribution < 1.29 is 4.42 Å². The fourth-order valence-electron chi connectivity index (χ4n) is 0.967. The van der Waals surface area contributed by atoms with Gasteiger partial charge >= 0.3 is 0 Å². The molecular weight excluding hydrogens is 170 g/mol. The van der Waals surface area contributed by atoms with E-state index in [-0.39, 0.29) is 0 Å². The van der Waals surface area contributed by atoms with Crippen LogP contribution in [0.5, 0.6) is 0 Å².